The largest absolute Gasteiger partial charge is 0.354 e. The van der Waals surface area contributed by atoms with E-state index in [9.17, 15) is 18.0 Å². The molecule has 236 valence electrons. The van der Waals surface area contributed by atoms with E-state index in [0.29, 0.717) is 13.0 Å². The number of rotatable bonds is 13. The van der Waals surface area contributed by atoms with Gasteiger partial charge in [-0.15, -0.1) is 0 Å². The highest BCUT2D eigenvalue weighted by Crippen LogP contribution is 2.33. The Morgan fingerprint density at radius 3 is 2.20 bits per heavy atom. The summed E-state index contributed by atoms with van der Waals surface area (Å²) in [7, 11) is -4.30. The Balaban J connectivity index is 1.82. The highest BCUT2D eigenvalue weighted by Gasteiger charge is 2.35. The van der Waals surface area contributed by atoms with Crippen LogP contribution in [0.3, 0.4) is 0 Å². The van der Waals surface area contributed by atoms with Gasteiger partial charge in [-0.2, -0.15) is 0 Å². The van der Waals surface area contributed by atoms with Gasteiger partial charge in [-0.1, -0.05) is 106 Å². The van der Waals surface area contributed by atoms with Crippen molar-refractivity contribution in [1.29, 1.82) is 0 Å². The summed E-state index contributed by atoms with van der Waals surface area (Å²) < 4.78 is 30.2. The summed E-state index contributed by atoms with van der Waals surface area (Å²) in [4.78, 5) is 29.6. The van der Waals surface area contributed by atoms with Gasteiger partial charge in [-0.05, 0) is 66.9 Å². The second kappa shape index (κ2) is 15.8. The minimum absolute atomic E-state index is 0.0158. The first-order valence-electron chi connectivity index (χ1n) is 14.4. The molecule has 0 saturated heterocycles. The second-order valence-electron chi connectivity index (χ2n) is 10.6. The number of benzene rings is 4. The summed E-state index contributed by atoms with van der Waals surface area (Å²) in [6, 6.07) is 26.6. The maximum Gasteiger partial charge on any atom is 0.264 e. The number of sulfonamides is 1. The van der Waals surface area contributed by atoms with E-state index < -0.39 is 28.5 Å². The molecule has 4 aromatic carbocycles. The van der Waals surface area contributed by atoms with Crippen molar-refractivity contribution in [3.8, 4) is 0 Å². The number of nitrogens with one attached hydrogen (secondary N) is 1. The van der Waals surface area contributed by atoms with Crippen LogP contribution in [-0.4, -0.2) is 44.3 Å². The summed E-state index contributed by atoms with van der Waals surface area (Å²) in [5.41, 5.74) is 2.54. The number of aryl methyl sites for hydroxylation is 1. The van der Waals surface area contributed by atoms with E-state index in [0.717, 1.165) is 25.5 Å². The summed E-state index contributed by atoms with van der Waals surface area (Å²) in [5.74, 6) is -0.919. The van der Waals surface area contributed by atoms with Gasteiger partial charge in [0.2, 0.25) is 11.8 Å². The number of carbonyl (C=O) groups excluding carboxylic acids is 2. The second-order valence-corrected chi connectivity index (χ2v) is 14.2. The number of carbonyl (C=O) groups is 2. The van der Waals surface area contributed by atoms with Crippen molar-refractivity contribution in [3.63, 3.8) is 0 Å². The van der Waals surface area contributed by atoms with E-state index in [2.05, 4.69) is 21.2 Å². The third-order valence-corrected chi connectivity index (χ3v) is 10.0. The molecule has 0 aliphatic heterocycles. The van der Waals surface area contributed by atoms with Crippen molar-refractivity contribution in [1.82, 2.24) is 10.2 Å². The van der Waals surface area contributed by atoms with Crippen molar-refractivity contribution in [3.05, 3.63) is 128 Å². The van der Waals surface area contributed by atoms with E-state index >= 15 is 0 Å². The SMILES string of the molecule is CCCNC(=O)[C@@H](Cc1ccccc1)N(Cc1ccc(Br)cc1)C(=O)CN(c1cc(Cl)ccc1Cl)S(=O)(=O)c1ccc(C)cc1. The fourth-order valence-electron chi connectivity index (χ4n) is 4.73. The molecule has 4 rings (SSSR count). The smallest absolute Gasteiger partial charge is 0.264 e. The Morgan fingerprint density at radius 2 is 1.56 bits per heavy atom. The number of hydrogen-bond acceptors (Lipinski definition) is 4. The van der Waals surface area contributed by atoms with Crippen LogP contribution in [0.5, 0.6) is 0 Å². The zero-order valence-corrected chi connectivity index (χ0v) is 28.8. The van der Waals surface area contributed by atoms with Gasteiger partial charge in [0.15, 0.2) is 0 Å². The van der Waals surface area contributed by atoms with E-state index in [1.54, 1.807) is 18.2 Å². The first kappa shape index (κ1) is 34.5. The minimum atomic E-state index is -4.30. The molecule has 0 aromatic heterocycles. The van der Waals surface area contributed by atoms with Crippen LogP contribution in [0.2, 0.25) is 10.0 Å². The molecule has 0 aliphatic rings. The number of hydrogen-bond donors (Lipinski definition) is 1. The van der Waals surface area contributed by atoms with E-state index in [-0.39, 0.29) is 39.5 Å². The van der Waals surface area contributed by atoms with Gasteiger partial charge in [-0.25, -0.2) is 8.42 Å². The zero-order valence-electron chi connectivity index (χ0n) is 24.9. The fourth-order valence-corrected chi connectivity index (χ4v) is 6.86. The van der Waals surface area contributed by atoms with Crippen LogP contribution in [-0.2, 0) is 32.6 Å². The fraction of sp³-hybridized carbons (Fsp3) is 0.235. The van der Waals surface area contributed by atoms with Crippen molar-refractivity contribution >= 4 is 66.7 Å². The molecule has 0 saturated carbocycles. The van der Waals surface area contributed by atoms with Crippen LogP contribution in [0.15, 0.2) is 106 Å². The molecule has 2 amide bonds. The zero-order chi connectivity index (χ0) is 32.6. The molecule has 0 bridgehead atoms. The normalized spacial score (nSPS) is 11.9. The molecule has 0 radical (unpaired) electrons. The van der Waals surface area contributed by atoms with Gasteiger partial charge < -0.3 is 10.2 Å². The Kier molecular flexibility index (Phi) is 12.1. The highest BCUT2D eigenvalue weighted by atomic mass is 79.9. The number of halogens is 3. The molecule has 0 spiro atoms. The van der Waals surface area contributed by atoms with Crippen LogP contribution in [0.25, 0.3) is 0 Å². The van der Waals surface area contributed by atoms with Crippen molar-refractivity contribution in [2.24, 2.45) is 0 Å². The van der Waals surface area contributed by atoms with Gasteiger partial charge >= 0.3 is 0 Å². The molecular weight excluding hydrogens is 697 g/mol. The maximum absolute atomic E-state index is 14.5. The number of nitrogens with zero attached hydrogens (tertiary/aromatic N) is 2. The third-order valence-electron chi connectivity index (χ3n) is 7.15. The minimum Gasteiger partial charge on any atom is -0.354 e. The quantitative estimate of drug-likeness (QED) is 0.155. The average Bonchev–Trinajstić information content (AvgIpc) is 3.03. The molecule has 0 aliphatic carbocycles. The molecular formula is C34H34BrCl2N3O4S. The van der Waals surface area contributed by atoms with Crippen LogP contribution in [0, 0.1) is 6.92 Å². The summed E-state index contributed by atoms with van der Waals surface area (Å²) >= 11 is 16.3. The average molecular weight is 732 g/mol. The topological polar surface area (TPSA) is 86.8 Å². The summed E-state index contributed by atoms with van der Waals surface area (Å²) in [6.45, 7) is 3.66. The number of anilines is 1. The van der Waals surface area contributed by atoms with Crippen molar-refractivity contribution in [2.45, 2.75) is 44.2 Å². The van der Waals surface area contributed by atoms with Gasteiger partial charge in [-0.3, -0.25) is 13.9 Å². The molecule has 7 nitrogen and oxygen atoms in total. The first-order chi connectivity index (χ1) is 21.5. The molecule has 4 aromatic rings. The monoisotopic (exact) mass is 729 g/mol. The Labute approximate surface area is 283 Å². The maximum atomic E-state index is 14.5. The Bertz CT molecular complexity index is 1720. The molecule has 45 heavy (non-hydrogen) atoms. The standard InChI is InChI=1S/C34H34BrCl2N3O4S/c1-3-19-38-34(42)32(20-25-7-5-4-6-8-25)39(22-26-11-13-27(35)14-12-26)33(41)23-40(31-21-28(36)15-18-30(31)37)45(43,44)29-16-9-24(2)10-17-29/h4-18,21,32H,3,19-20,22-23H2,1-2H3,(H,38,42)/t32-/m1/s1. The molecule has 1 atom stereocenters. The molecule has 11 heteroatoms. The lowest BCUT2D eigenvalue weighted by Crippen LogP contribution is -2.53. The summed E-state index contributed by atoms with van der Waals surface area (Å²) in [5, 5.41) is 3.28. The Hall–Kier alpha value is -3.37. The van der Waals surface area contributed by atoms with Crippen LogP contribution < -0.4 is 9.62 Å². The van der Waals surface area contributed by atoms with E-state index in [4.69, 9.17) is 23.2 Å². The summed E-state index contributed by atoms with van der Waals surface area (Å²) in [6.07, 6.45) is 0.932. The van der Waals surface area contributed by atoms with Crippen LogP contribution in [0.1, 0.15) is 30.0 Å². The van der Waals surface area contributed by atoms with Gasteiger partial charge in [0, 0.05) is 29.0 Å². The van der Waals surface area contributed by atoms with E-state index in [1.807, 2.05) is 68.4 Å². The predicted octanol–water partition coefficient (Wildman–Crippen LogP) is 7.43. The molecule has 0 heterocycles. The predicted molar refractivity (Wildman–Crippen MR) is 184 cm³/mol. The van der Waals surface area contributed by atoms with E-state index in [1.165, 1.54) is 29.2 Å². The molecule has 1 N–H and O–H groups in total. The lowest BCUT2D eigenvalue weighted by atomic mass is 10.0. The van der Waals surface area contributed by atoms with Crippen molar-refractivity contribution < 1.29 is 18.0 Å². The third kappa shape index (κ3) is 9.10. The number of amides is 2. The van der Waals surface area contributed by atoms with Crippen molar-refractivity contribution in [2.75, 3.05) is 17.4 Å². The van der Waals surface area contributed by atoms with Gasteiger partial charge in [0.05, 0.1) is 15.6 Å². The van der Waals surface area contributed by atoms with Gasteiger partial charge in [0.1, 0.15) is 12.6 Å². The highest BCUT2D eigenvalue weighted by molar-refractivity contribution is 9.10. The van der Waals surface area contributed by atoms with Crippen LogP contribution >= 0.6 is 39.1 Å². The van der Waals surface area contributed by atoms with Crippen LogP contribution in [0.4, 0.5) is 5.69 Å². The Morgan fingerprint density at radius 1 is 0.889 bits per heavy atom. The van der Waals surface area contributed by atoms with Gasteiger partial charge in [0.25, 0.3) is 10.0 Å². The molecule has 0 unspecified atom stereocenters. The lowest BCUT2D eigenvalue weighted by molar-refractivity contribution is -0.140. The lowest BCUT2D eigenvalue weighted by Gasteiger charge is -2.34. The molecule has 0 fully saturated rings. The first-order valence-corrected chi connectivity index (χ1v) is 17.4.